The molecule has 1 aliphatic rings. The Morgan fingerprint density at radius 3 is 2.11 bits per heavy atom. The minimum absolute atomic E-state index is 0.260. The third-order valence-electron chi connectivity index (χ3n) is 3.06. The number of amides is 1. The van der Waals surface area contributed by atoms with Gasteiger partial charge in [0.25, 0.3) is 5.91 Å². The van der Waals surface area contributed by atoms with Gasteiger partial charge in [0.15, 0.2) is 0 Å². The van der Waals surface area contributed by atoms with Crippen LogP contribution in [-0.2, 0) is 9.59 Å². The molecule has 0 bridgehead atoms. The zero-order valence-corrected chi connectivity index (χ0v) is 10.2. The molecular weight excluding hydrogens is 235 g/mol. The van der Waals surface area contributed by atoms with Crippen LogP contribution in [0.25, 0.3) is 0 Å². The van der Waals surface area contributed by atoms with Crippen LogP contribution in [0.3, 0.4) is 0 Å². The molecule has 1 fully saturated rings. The Balaban J connectivity index is 1.96. The molecule has 0 N–H and O–H groups in total. The molecule has 0 radical (unpaired) electrons. The zero-order chi connectivity index (χ0) is 13.1. The summed E-state index contributed by atoms with van der Waals surface area (Å²) in [6.45, 7) is 3.65. The minimum atomic E-state index is -0.426. The molecule has 4 nitrogen and oxygen atoms in total. The standard InChI is InChI=1S/C13H15FN2O2/c1-10(17)13(18)16-8-6-15(7-9-16)12-4-2-11(14)3-5-12/h2-5H,6-9H2,1H3. The van der Waals surface area contributed by atoms with E-state index < -0.39 is 11.7 Å². The van der Waals surface area contributed by atoms with Gasteiger partial charge in [0, 0.05) is 38.8 Å². The van der Waals surface area contributed by atoms with Crippen LogP contribution in [0.4, 0.5) is 10.1 Å². The van der Waals surface area contributed by atoms with Crippen molar-refractivity contribution in [2.45, 2.75) is 6.92 Å². The average Bonchev–Trinajstić information content (AvgIpc) is 2.39. The van der Waals surface area contributed by atoms with Gasteiger partial charge in [-0.25, -0.2) is 4.39 Å². The summed E-state index contributed by atoms with van der Waals surface area (Å²) < 4.78 is 12.8. The molecule has 5 heteroatoms. The molecule has 1 aromatic carbocycles. The van der Waals surface area contributed by atoms with Crippen LogP contribution in [0.1, 0.15) is 6.92 Å². The highest BCUT2D eigenvalue weighted by Crippen LogP contribution is 2.16. The van der Waals surface area contributed by atoms with E-state index >= 15 is 0 Å². The van der Waals surface area contributed by atoms with Crippen molar-refractivity contribution in [1.82, 2.24) is 4.90 Å². The SMILES string of the molecule is CC(=O)C(=O)N1CCN(c2ccc(F)cc2)CC1. The molecule has 1 amide bonds. The number of nitrogens with zero attached hydrogens (tertiary/aromatic N) is 2. The molecule has 1 heterocycles. The van der Waals surface area contributed by atoms with E-state index in [1.54, 1.807) is 17.0 Å². The lowest BCUT2D eigenvalue weighted by atomic mass is 10.2. The van der Waals surface area contributed by atoms with E-state index in [1.165, 1.54) is 19.1 Å². The number of benzene rings is 1. The highest BCUT2D eigenvalue weighted by atomic mass is 19.1. The van der Waals surface area contributed by atoms with Crippen molar-refractivity contribution in [3.05, 3.63) is 30.1 Å². The van der Waals surface area contributed by atoms with Gasteiger partial charge in [0.1, 0.15) is 5.82 Å². The molecule has 0 spiro atoms. The van der Waals surface area contributed by atoms with Crippen LogP contribution in [0, 0.1) is 5.82 Å². The number of Topliss-reactive ketones (excluding diaryl/α,β-unsaturated/α-hetero) is 1. The lowest BCUT2D eigenvalue weighted by Gasteiger charge is -2.35. The van der Waals surface area contributed by atoms with Gasteiger partial charge in [0.05, 0.1) is 0 Å². The van der Waals surface area contributed by atoms with Crippen LogP contribution in [-0.4, -0.2) is 42.8 Å². The predicted molar refractivity (Wildman–Crippen MR) is 65.9 cm³/mol. The fourth-order valence-electron chi connectivity index (χ4n) is 2.04. The van der Waals surface area contributed by atoms with Crippen molar-refractivity contribution in [3.63, 3.8) is 0 Å². The number of halogens is 1. The van der Waals surface area contributed by atoms with Crippen molar-refractivity contribution in [3.8, 4) is 0 Å². The fraction of sp³-hybridized carbons (Fsp3) is 0.385. The molecule has 0 unspecified atom stereocenters. The van der Waals surface area contributed by atoms with Crippen molar-refractivity contribution < 1.29 is 14.0 Å². The van der Waals surface area contributed by atoms with Crippen molar-refractivity contribution in [2.75, 3.05) is 31.1 Å². The van der Waals surface area contributed by atoms with Gasteiger partial charge in [-0.2, -0.15) is 0 Å². The molecule has 0 atom stereocenters. The van der Waals surface area contributed by atoms with E-state index in [0.29, 0.717) is 26.2 Å². The number of piperazine rings is 1. The first-order valence-corrected chi connectivity index (χ1v) is 5.88. The third-order valence-corrected chi connectivity index (χ3v) is 3.06. The summed E-state index contributed by atoms with van der Waals surface area (Å²) in [5.74, 6) is -1.11. The van der Waals surface area contributed by atoms with Gasteiger partial charge in [0.2, 0.25) is 5.78 Å². The Morgan fingerprint density at radius 1 is 1.06 bits per heavy atom. The summed E-state index contributed by atoms with van der Waals surface area (Å²) in [4.78, 5) is 26.1. The Labute approximate surface area is 105 Å². The van der Waals surface area contributed by atoms with Crippen LogP contribution < -0.4 is 4.90 Å². The monoisotopic (exact) mass is 250 g/mol. The molecule has 2 rings (SSSR count). The molecule has 0 aliphatic carbocycles. The maximum absolute atomic E-state index is 12.8. The summed E-state index contributed by atoms with van der Waals surface area (Å²) in [5, 5.41) is 0. The summed E-state index contributed by atoms with van der Waals surface area (Å²) in [6.07, 6.45) is 0. The molecule has 0 aromatic heterocycles. The van der Waals surface area contributed by atoms with Crippen LogP contribution in [0.5, 0.6) is 0 Å². The predicted octanol–water partition coefficient (Wildman–Crippen LogP) is 1.06. The molecule has 1 aromatic rings. The van der Waals surface area contributed by atoms with Gasteiger partial charge < -0.3 is 9.80 Å². The van der Waals surface area contributed by atoms with E-state index in [-0.39, 0.29) is 5.82 Å². The van der Waals surface area contributed by atoms with Crippen molar-refractivity contribution >= 4 is 17.4 Å². The fourth-order valence-corrected chi connectivity index (χ4v) is 2.04. The number of rotatable bonds is 2. The number of carbonyl (C=O) groups is 2. The zero-order valence-electron chi connectivity index (χ0n) is 10.2. The quantitative estimate of drug-likeness (QED) is 0.737. The second kappa shape index (κ2) is 5.16. The average molecular weight is 250 g/mol. The first-order valence-electron chi connectivity index (χ1n) is 5.88. The number of carbonyl (C=O) groups excluding carboxylic acids is 2. The van der Waals surface area contributed by atoms with Crippen LogP contribution in [0.2, 0.25) is 0 Å². The van der Waals surface area contributed by atoms with E-state index in [2.05, 4.69) is 4.90 Å². The molecule has 0 saturated carbocycles. The first kappa shape index (κ1) is 12.5. The Morgan fingerprint density at radius 2 is 1.61 bits per heavy atom. The van der Waals surface area contributed by atoms with E-state index in [9.17, 15) is 14.0 Å². The Bertz CT molecular complexity index is 451. The second-order valence-electron chi connectivity index (χ2n) is 4.31. The van der Waals surface area contributed by atoms with E-state index in [4.69, 9.17) is 0 Å². The number of ketones is 1. The van der Waals surface area contributed by atoms with Crippen molar-refractivity contribution in [2.24, 2.45) is 0 Å². The summed E-state index contributed by atoms with van der Waals surface area (Å²) in [5.41, 5.74) is 0.936. The maximum Gasteiger partial charge on any atom is 0.289 e. The number of anilines is 1. The summed E-state index contributed by atoms with van der Waals surface area (Å²) in [6, 6.07) is 6.28. The first-order chi connectivity index (χ1) is 8.58. The van der Waals surface area contributed by atoms with Gasteiger partial charge in [-0.05, 0) is 24.3 Å². The normalized spacial score (nSPS) is 15.7. The highest BCUT2D eigenvalue weighted by Gasteiger charge is 2.23. The van der Waals surface area contributed by atoms with E-state index in [0.717, 1.165) is 5.69 Å². The molecule has 18 heavy (non-hydrogen) atoms. The van der Waals surface area contributed by atoms with Gasteiger partial charge >= 0.3 is 0 Å². The topological polar surface area (TPSA) is 40.6 Å². The summed E-state index contributed by atoms with van der Waals surface area (Å²) >= 11 is 0. The Hall–Kier alpha value is -1.91. The lowest BCUT2D eigenvalue weighted by Crippen LogP contribution is -2.50. The molecule has 96 valence electrons. The largest absolute Gasteiger partial charge is 0.368 e. The van der Waals surface area contributed by atoms with Gasteiger partial charge in [-0.15, -0.1) is 0 Å². The summed E-state index contributed by atoms with van der Waals surface area (Å²) in [7, 11) is 0. The number of hydrogen-bond acceptors (Lipinski definition) is 3. The molecular formula is C13H15FN2O2. The second-order valence-corrected chi connectivity index (χ2v) is 4.31. The Kier molecular flexibility index (Phi) is 3.60. The maximum atomic E-state index is 12.8. The van der Waals surface area contributed by atoms with Crippen LogP contribution >= 0.6 is 0 Å². The lowest BCUT2D eigenvalue weighted by molar-refractivity contribution is -0.143. The molecule has 1 aliphatic heterocycles. The van der Waals surface area contributed by atoms with Crippen molar-refractivity contribution in [1.29, 1.82) is 0 Å². The van der Waals surface area contributed by atoms with Gasteiger partial charge in [-0.1, -0.05) is 0 Å². The smallest absolute Gasteiger partial charge is 0.289 e. The molecule has 1 saturated heterocycles. The van der Waals surface area contributed by atoms with Gasteiger partial charge in [-0.3, -0.25) is 9.59 Å². The minimum Gasteiger partial charge on any atom is -0.368 e. The van der Waals surface area contributed by atoms with Crippen LogP contribution in [0.15, 0.2) is 24.3 Å². The third kappa shape index (κ3) is 2.67. The van der Waals surface area contributed by atoms with E-state index in [1.807, 2.05) is 0 Å². The number of hydrogen-bond donors (Lipinski definition) is 0. The highest BCUT2D eigenvalue weighted by molar-refractivity contribution is 6.35.